The van der Waals surface area contributed by atoms with Crippen LogP contribution in [0.15, 0.2) is 57.8 Å². The molecular formula is C21H18FN3O4S. The topological polar surface area (TPSA) is 92.5 Å². The van der Waals surface area contributed by atoms with E-state index in [-0.39, 0.29) is 27.1 Å². The summed E-state index contributed by atoms with van der Waals surface area (Å²) in [6, 6.07) is 12.2. The zero-order valence-electron chi connectivity index (χ0n) is 16.4. The number of nitrogens with one attached hydrogen (secondary N) is 1. The lowest BCUT2D eigenvalue weighted by molar-refractivity contribution is 0.0956. The average molecular weight is 427 g/mol. The number of rotatable bonds is 4. The number of para-hydroxylation sites is 1. The van der Waals surface area contributed by atoms with Crippen LogP contribution >= 0.6 is 0 Å². The fourth-order valence-corrected chi connectivity index (χ4v) is 4.24. The number of nitrogens with zero attached hydrogens (tertiary/aromatic N) is 2. The summed E-state index contributed by atoms with van der Waals surface area (Å²) in [4.78, 5) is 18.4. The van der Waals surface area contributed by atoms with Gasteiger partial charge in [-0.3, -0.25) is 9.78 Å². The molecule has 0 aliphatic carbocycles. The number of hydrogen-bond acceptors (Lipinski definition) is 6. The van der Waals surface area contributed by atoms with E-state index in [2.05, 4.69) is 4.98 Å². The molecule has 2 aromatic heterocycles. The Labute approximate surface area is 172 Å². The van der Waals surface area contributed by atoms with Gasteiger partial charge in [-0.25, -0.2) is 17.5 Å². The van der Waals surface area contributed by atoms with E-state index in [0.29, 0.717) is 16.8 Å². The second-order valence-electron chi connectivity index (χ2n) is 7.06. The first-order valence-corrected chi connectivity index (χ1v) is 10.5. The molecule has 0 unspecified atom stereocenters. The Morgan fingerprint density at radius 1 is 1.13 bits per heavy atom. The second kappa shape index (κ2) is 7.10. The van der Waals surface area contributed by atoms with Gasteiger partial charge in [0.25, 0.3) is 10.0 Å². The zero-order valence-corrected chi connectivity index (χ0v) is 17.2. The number of sulfonamides is 1. The number of aromatic nitrogens is 1. The third kappa shape index (κ3) is 3.48. The summed E-state index contributed by atoms with van der Waals surface area (Å²) in [7, 11) is -0.765. The van der Waals surface area contributed by atoms with Crippen molar-refractivity contribution in [1.82, 2.24) is 9.71 Å². The van der Waals surface area contributed by atoms with Crippen molar-refractivity contribution in [2.24, 2.45) is 0 Å². The van der Waals surface area contributed by atoms with Gasteiger partial charge >= 0.3 is 5.91 Å². The Bertz CT molecular complexity index is 1410. The minimum atomic E-state index is -4.24. The number of hydrogen-bond donors (Lipinski definition) is 1. The van der Waals surface area contributed by atoms with Gasteiger partial charge in [-0.2, -0.15) is 0 Å². The lowest BCUT2D eigenvalue weighted by Gasteiger charge is -2.11. The van der Waals surface area contributed by atoms with Crippen LogP contribution < -0.4 is 9.62 Å². The molecule has 30 heavy (non-hydrogen) atoms. The maximum atomic E-state index is 14.4. The molecule has 0 spiro atoms. The van der Waals surface area contributed by atoms with Gasteiger partial charge in [-0.05, 0) is 25.1 Å². The van der Waals surface area contributed by atoms with Crippen LogP contribution in [0.2, 0.25) is 0 Å². The van der Waals surface area contributed by atoms with E-state index in [1.807, 2.05) is 4.72 Å². The van der Waals surface area contributed by atoms with E-state index >= 15 is 0 Å². The Kier molecular flexibility index (Phi) is 4.70. The maximum absolute atomic E-state index is 14.4. The summed E-state index contributed by atoms with van der Waals surface area (Å²) < 4.78 is 47.5. The normalized spacial score (nSPS) is 11.7. The van der Waals surface area contributed by atoms with Gasteiger partial charge in [0.15, 0.2) is 5.76 Å². The monoisotopic (exact) mass is 427 g/mol. The zero-order chi connectivity index (χ0) is 21.6. The highest BCUT2D eigenvalue weighted by atomic mass is 32.2. The number of carbonyl (C=O) groups is 1. The summed E-state index contributed by atoms with van der Waals surface area (Å²) in [5.41, 5.74) is 1.58. The van der Waals surface area contributed by atoms with Gasteiger partial charge in [-0.15, -0.1) is 0 Å². The highest BCUT2D eigenvalue weighted by molar-refractivity contribution is 7.90. The van der Waals surface area contributed by atoms with Crippen LogP contribution in [0.5, 0.6) is 0 Å². The third-order valence-corrected chi connectivity index (χ3v) is 6.01. The molecule has 0 radical (unpaired) electrons. The van der Waals surface area contributed by atoms with E-state index < -0.39 is 21.7 Å². The molecule has 0 bridgehead atoms. The quantitative estimate of drug-likeness (QED) is 0.535. The highest BCUT2D eigenvalue weighted by Gasteiger charge is 2.24. The van der Waals surface area contributed by atoms with Gasteiger partial charge in [0.05, 0.1) is 10.9 Å². The predicted molar refractivity (Wildman–Crippen MR) is 112 cm³/mol. The molecule has 7 nitrogen and oxygen atoms in total. The molecule has 0 aliphatic heterocycles. The van der Waals surface area contributed by atoms with E-state index in [9.17, 15) is 17.6 Å². The highest BCUT2D eigenvalue weighted by Crippen LogP contribution is 2.28. The van der Waals surface area contributed by atoms with Crippen molar-refractivity contribution in [2.75, 3.05) is 19.0 Å². The number of carbonyl (C=O) groups excluding carboxylic acids is 1. The summed E-state index contributed by atoms with van der Waals surface area (Å²) in [5, 5.41) is 0.712. The third-order valence-electron chi connectivity index (χ3n) is 4.65. The molecule has 0 atom stereocenters. The summed E-state index contributed by atoms with van der Waals surface area (Å²) in [6.07, 6.45) is 0. The molecule has 0 saturated carbocycles. The first kappa shape index (κ1) is 19.8. The standard InChI is InChI=1S/C21H18FN3O4S/c1-12-7-8-13-5-4-6-19(20(13)23-12)30(27,28)24-21(26)18-11-15-16(22)9-14(25(2)3)10-17(15)29-18/h4-11H,1-3H3,(H,24,26). The van der Waals surface area contributed by atoms with E-state index in [0.717, 1.165) is 0 Å². The summed E-state index contributed by atoms with van der Waals surface area (Å²) in [6.45, 7) is 1.74. The first-order valence-electron chi connectivity index (χ1n) is 8.99. The van der Waals surface area contributed by atoms with Gasteiger partial charge in [0, 0.05) is 43.0 Å². The first-order chi connectivity index (χ1) is 14.2. The molecular weight excluding hydrogens is 409 g/mol. The Hall–Kier alpha value is -3.46. The van der Waals surface area contributed by atoms with E-state index in [4.69, 9.17) is 4.42 Å². The van der Waals surface area contributed by atoms with Crippen LogP contribution in [-0.4, -0.2) is 33.4 Å². The van der Waals surface area contributed by atoms with E-state index in [1.165, 1.54) is 18.2 Å². The van der Waals surface area contributed by atoms with Gasteiger partial charge < -0.3 is 9.32 Å². The molecule has 2 aromatic carbocycles. The maximum Gasteiger partial charge on any atom is 0.300 e. The van der Waals surface area contributed by atoms with Crippen LogP contribution in [0.3, 0.4) is 0 Å². The molecule has 0 aliphatic rings. The minimum Gasteiger partial charge on any atom is -0.451 e. The van der Waals surface area contributed by atoms with Crippen molar-refractivity contribution in [3.05, 3.63) is 65.8 Å². The molecule has 1 amide bonds. The van der Waals surface area contributed by atoms with Crippen molar-refractivity contribution in [1.29, 1.82) is 0 Å². The minimum absolute atomic E-state index is 0.0885. The van der Waals surface area contributed by atoms with Crippen molar-refractivity contribution in [2.45, 2.75) is 11.8 Å². The number of halogens is 1. The van der Waals surface area contributed by atoms with Crippen LogP contribution in [0.4, 0.5) is 10.1 Å². The molecule has 9 heteroatoms. The average Bonchev–Trinajstić information content (AvgIpc) is 3.12. The summed E-state index contributed by atoms with van der Waals surface area (Å²) in [5.74, 6) is -1.88. The number of furan rings is 1. The fraction of sp³-hybridized carbons (Fsp3) is 0.143. The molecule has 0 fully saturated rings. The fourth-order valence-electron chi connectivity index (χ4n) is 3.11. The number of pyridine rings is 1. The lowest BCUT2D eigenvalue weighted by Crippen LogP contribution is -2.30. The number of anilines is 1. The SMILES string of the molecule is Cc1ccc2cccc(S(=O)(=O)NC(=O)c3cc4c(F)cc(N(C)C)cc4o3)c2n1. The lowest BCUT2D eigenvalue weighted by atomic mass is 10.2. The van der Waals surface area contributed by atoms with Crippen LogP contribution in [0.1, 0.15) is 16.2 Å². The Morgan fingerprint density at radius 2 is 1.90 bits per heavy atom. The van der Waals surface area contributed by atoms with E-state index in [1.54, 1.807) is 56.3 Å². The molecule has 4 aromatic rings. The Morgan fingerprint density at radius 3 is 2.63 bits per heavy atom. The second-order valence-corrected chi connectivity index (χ2v) is 8.71. The Balaban J connectivity index is 1.72. The smallest absolute Gasteiger partial charge is 0.300 e. The van der Waals surface area contributed by atoms with Crippen molar-refractivity contribution >= 4 is 43.5 Å². The van der Waals surface area contributed by atoms with Crippen LogP contribution in [0, 0.1) is 12.7 Å². The molecule has 4 rings (SSSR count). The predicted octanol–water partition coefficient (Wildman–Crippen LogP) is 3.61. The van der Waals surface area contributed by atoms with Crippen LogP contribution in [-0.2, 0) is 10.0 Å². The number of aryl methyl sites for hydroxylation is 1. The molecule has 2 heterocycles. The number of amides is 1. The molecule has 154 valence electrons. The van der Waals surface area contributed by atoms with Gasteiger partial charge in [0.1, 0.15) is 16.3 Å². The molecule has 1 N–H and O–H groups in total. The van der Waals surface area contributed by atoms with Crippen molar-refractivity contribution in [3.8, 4) is 0 Å². The summed E-state index contributed by atoms with van der Waals surface area (Å²) >= 11 is 0. The molecule has 0 saturated heterocycles. The van der Waals surface area contributed by atoms with Crippen LogP contribution in [0.25, 0.3) is 21.9 Å². The number of benzene rings is 2. The number of fused-ring (bicyclic) bond motifs is 2. The van der Waals surface area contributed by atoms with Gasteiger partial charge in [-0.1, -0.05) is 18.2 Å². The van der Waals surface area contributed by atoms with Gasteiger partial charge in [0.2, 0.25) is 0 Å². The van der Waals surface area contributed by atoms with Crippen molar-refractivity contribution < 1.29 is 22.0 Å². The largest absolute Gasteiger partial charge is 0.451 e. The van der Waals surface area contributed by atoms with Crippen molar-refractivity contribution in [3.63, 3.8) is 0 Å².